The fraction of sp³-hybridized carbons (Fsp3) is 0.333. The Labute approximate surface area is 224 Å². The Kier molecular flexibility index (Phi) is 8.52. The molecule has 2 unspecified atom stereocenters. The van der Waals surface area contributed by atoms with Crippen molar-refractivity contribution < 1.29 is 14.3 Å². The fourth-order valence-corrected chi connectivity index (χ4v) is 4.96. The molecule has 0 radical (unpaired) electrons. The first-order valence-corrected chi connectivity index (χ1v) is 13.0. The lowest BCUT2D eigenvalue weighted by Crippen LogP contribution is -2.43. The average molecular weight is 520 g/mol. The third kappa shape index (κ3) is 6.51. The normalized spacial score (nSPS) is 16.9. The number of fused-ring (bicyclic) bond motifs is 1. The van der Waals surface area contributed by atoms with Gasteiger partial charge in [-0.25, -0.2) is 4.79 Å². The third-order valence-corrected chi connectivity index (χ3v) is 6.89. The molecule has 1 N–H and O–H groups in total. The van der Waals surface area contributed by atoms with Gasteiger partial charge in [-0.3, -0.25) is 4.79 Å². The van der Waals surface area contributed by atoms with Crippen LogP contribution in [0, 0.1) is 0 Å². The summed E-state index contributed by atoms with van der Waals surface area (Å²) in [6.07, 6.45) is 1.57. The van der Waals surface area contributed by atoms with E-state index in [1.54, 1.807) is 19.1 Å². The second-order valence-electron chi connectivity index (χ2n) is 9.82. The van der Waals surface area contributed by atoms with Gasteiger partial charge in [-0.2, -0.15) is 0 Å². The molecule has 1 heterocycles. The lowest BCUT2D eigenvalue weighted by Gasteiger charge is -2.39. The van der Waals surface area contributed by atoms with Crippen molar-refractivity contribution in [2.45, 2.75) is 38.8 Å². The molecule has 0 spiro atoms. The van der Waals surface area contributed by atoms with Gasteiger partial charge in [0.15, 0.2) is 0 Å². The van der Waals surface area contributed by atoms with Crippen molar-refractivity contribution in [3.8, 4) is 11.1 Å². The van der Waals surface area contributed by atoms with Crippen LogP contribution < -0.4 is 10.2 Å². The molecular weight excluding hydrogens is 486 g/mol. The highest BCUT2D eigenvalue weighted by Crippen LogP contribution is 2.41. The van der Waals surface area contributed by atoms with E-state index in [1.165, 1.54) is 0 Å². The Bertz CT molecular complexity index is 1240. The summed E-state index contributed by atoms with van der Waals surface area (Å²) >= 11 is 6.07. The highest BCUT2D eigenvalue weighted by molar-refractivity contribution is 6.30. The van der Waals surface area contributed by atoms with Crippen LogP contribution in [0.3, 0.4) is 0 Å². The number of hydrogen-bond acceptors (Lipinski definition) is 5. The Morgan fingerprint density at radius 3 is 2.35 bits per heavy atom. The molecule has 2 atom stereocenters. The molecule has 4 rings (SSSR count). The van der Waals surface area contributed by atoms with Gasteiger partial charge >= 0.3 is 5.97 Å². The van der Waals surface area contributed by atoms with Crippen LogP contribution in [0.25, 0.3) is 11.1 Å². The fourth-order valence-electron chi connectivity index (χ4n) is 4.84. The minimum atomic E-state index is -0.311. The van der Waals surface area contributed by atoms with E-state index in [0.717, 1.165) is 47.5 Å². The van der Waals surface area contributed by atoms with Gasteiger partial charge in [-0.15, -0.1) is 0 Å². The van der Waals surface area contributed by atoms with Crippen molar-refractivity contribution in [2.75, 3.05) is 37.5 Å². The number of nitrogens with one attached hydrogen (secondary N) is 1. The number of nitrogens with zero attached hydrogens (tertiary/aromatic N) is 2. The quantitative estimate of drug-likeness (QED) is 0.275. The second kappa shape index (κ2) is 11.8. The van der Waals surface area contributed by atoms with Gasteiger partial charge in [0, 0.05) is 35.9 Å². The summed E-state index contributed by atoms with van der Waals surface area (Å²) in [6.45, 7) is 4.96. The van der Waals surface area contributed by atoms with Gasteiger partial charge in [0.1, 0.15) is 0 Å². The molecule has 37 heavy (non-hydrogen) atoms. The summed E-state index contributed by atoms with van der Waals surface area (Å²) < 4.78 is 5.40. The summed E-state index contributed by atoms with van der Waals surface area (Å²) in [5.41, 5.74) is 5.49. The van der Waals surface area contributed by atoms with E-state index in [2.05, 4.69) is 23.2 Å². The Morgan fingerprint density at radius 2 is 1.70 bits per heavy atom. The minimum absolute atomic E-state index is 0.0261. The minimum Gasteiger partial charge on any atom is -0.462 e. The molecule has 0 saturated heterocycles. The topological polar surface area (TPSA) is 61.9 Å². The van der Waals surface area contributed by atoms with Crippen molar-refractivity contribution in [2.24, 2.45) is 0 Å². The lowest BCUT2D eigenvalue weighted by atomic mass is 9.88. The van der Waals surface area contributed by atoms with Crippen molar-refractivity contribution in [1.29, 1.82) is 0 Å². The summed E-state index contributed by atoms with van der Waals surface area (Å²) in [4.78, 5) is 28.8. The van der Waals surface area contributed by atoms with E-state index >= 15 is 0 Å². The van der Waals surface area contributed by atoms with Crippen molar-refractivity contribution >= 4 is 34.9 Å². The number of ether oxygens (including phenoxy) is 1. The first-order valence-electron chi connectivity index (χ1n) is 12.6. The second-order valence-corrected chi connectivity index (χ2v) is 10.3. The number of carbonyl (C=O) groups is 2. The lowest BCUT2D eigenvalue weighted by molar-refractivity contribution is -0.117. The molecule has 1 aliphatic heterocycles. The number of carbonyl (C=O) groups excluding carboxylic acids is 2. The van der Waals surface area contributed by atoms with Crippen molar-refractivity contribution in [1.82, 2.24) is 4.90 Å². The Morgan fingerprint density at radius 1 is 1.03 bits per heavy atom. The maximum atomic E-state index is 12.5. The number of esters is 1. The van der Waals surface area contributed by atoms with Crippen LogP contribution in [0.15, 0.2) is 66.7 Å². The average Bonchev–Trinajstić information content (AvgIpc) is 2.87. The summed E-state index contributed by atoms with van der Waals surface area (Å²) in [5.74, 6) is -0.283. The molecule has 1 aliphatic rings. The van der Waals surface area contributed by atoms with E-state index in [-0.39, 0.29) is 24.0 Å². The number of hydrogen-bond donors (Lipinski definition) is 1. The van der Waals surface area contributed by atoms with Gasteiger partial charge in [-0.05, 0) is 99.1 Å². The molecule has 194 valence electrons. The van der Waals surface area contributed by atoms with E-state index in [4.69, 9.17) is 16.3 Å². The Balaban J connectivity index is 1.57. The van der Waals surface area contributed by atoms with E-state index in [0.29, 0.717) is 17.2 Å². The molecule has 0 fully saturated rings. The maximum Gasteiger partial charge on any atom is 0.338 e. The Hall–Kier alpha value is -3.35. The van der Waals surface area contributed by atoms with Gasteiger partial charge in [0.2, 0.25) is 5.91 Å². The molecule has 0 bridgehead atoms. The first kappa shape index (κ1) is 26.7. The van der Waals surface area contributed by atoms with Crippen LogP contribution in [0.1, 0.15) is 48.7 Å². The number of anilines is 2. The molecule has 6 nitrogen and oxygen atoms in total. The van der Waals surface area contributed by atoms with Crippen LogP contribution in [-0.2, 0) is 9.53 Å². The zero-order valence-electron chi connectivity index (χ0n) is 21.8. The third-order valence-electron chi connectivity index (χ3n) is 6.64. The summed E-state index contributed by atoms with van der Waals surface area (Å²) in [7, 11) is 3.99. The van der Waals surface area contributed by atoms with Crippen LogP contribution >= 0.6 is 11.6 Å². The van der Waals surface area contributed by atoms with Crippen LogP contribution in [0.5, 0.6) is 0 Å². The van der Waals surface area contributed by atoms with Crippen molar-refractivity contribution in [3.63, 3.8) is 0 Å². The van der Waals surface area contributed by atoms with E-state index in [1.807, 2.05) is 67.5 Å². The number of amides is 1. The molecule has 3 aromatic rings. The van der Waals surface area contributed by atoms with Crippen LogP contribution in [-0.4, -0.2) is 50.1 Å². The predicted octanol–water partition coefficient (Wildman–Crippen LogP) is 6.41. The molecule has 0 aliphatic carbocycles. The predicted molar refractivity (Wildman–Crippen MR) is 150 cm³/mol. The van der Waals surface area contributed by atoms with Gasteiger partial charge in [0.25, 0.3) is 0 Å². The van der Waals surface area contributed by atoms with Gasteiger partial charge in [0.05, 0.1) is 18.2 Å². The highest BCUT2D eigenvalue weighted by atomic mass is 35.5. The van der Waals surface area contributed by atoms with E-state index in [9.17, 15) is 9.59 Å². The first-order chi connectivity index (χ1) is 17.7. The van der Waals surface area contributed by atoms with Crippen LogP contribution in [0.2, 0.25) is 5.02 Å². The maximum absolute atomic E-state index is 12.5. The molecule has 3 aromatic carbocycles. The monoisotopic (exact) mass is 519 g/mol. The molecule has 0 aromatic heterocycles. The van der Waals surface area contributed by atoms with Gasteiger partial charge < -0.3 is 19.9 Å². The summed E-state index contributed by atoms with van der Waals surface area (Å²) in [6, 6.07) is 21.4. The zero-order valence-corrected chi connectivity index (χ0v) is 22.6. The van der Waals surface area contributed by atoms with Crippen LogP contribution in [0.4, 0.5) is 11.4 Å². The largest absolute Gasteiger partial charge is 0.462 e. The van der Waals surface area contributed by atoms with Crippen molar-refractivity contribution in [3.05, 3.63) is 82.9 Å². The number of rotatable bonds is 8. The molecular formula is C30H34ClN3O3. The number of halogens is 1. The highest BCUT2D eigenvalue weighted by Gasteiger charge is 2.32. The molecule has 7 heteroatoms. The molecule has 1 amide bonds. The number of benzene rings is 3. The SMILES string of the molecule is CC(=O)N1c2ccc(-c3ccc(C(=O)OCCCN(C)C)cc3)cc2C(Nc2ccc(Cl)cc2)CC1C. The van der Waals surface area contributed by atoms with Gasteiger partial charge in [-0.1, -0.05) is 29.8 Å². The standard InChI is InChI=1S/C30H34ClN3O3/c1-20-18-28(32-26-13-11-25(31)12-14-26)27-19-24(10-15-29(27)34(20)21(2)35)22-6-8-23(9-7-22)30(36)37-17-5-16-33(3)4/h6-15,19-20,28,32H,5,16-18H2,1-4H3. The van der Waals surface area contributed by atoms with E-state index < -0.39 is 0 Å². The smallest absolute Gasteiger partial charge is 0.338 e. The summed E-state index contributed by atoms with van der Waals surface area (Å²) in [5, 5.41) is 4.32. The molecule has 0 saturated carbocycles. The zero-order chi connectivity index (χ0) is 26.5.